The van der Waals surface area contributed by atoms with Crippen LogP contribution in [0.1, 0.15) is 20.7 Å². The molecule has 17 heavy (non-hydrogen) atoms. The molecule has 92 valence electrons. The van der Waals surface area contributed by atoms with E-state index in [9.17, 15) is 22.8 Å². The summed E-state index contributed by atoms with van der Waals surface area (Å²) in [6.45, 7) is -0.331. The Morgan fingerprint density at radius 2 is 1.59 bits per heavy atom. The van der Waals surface area contributed by atoms with Gasteiger partial charge in [-0.05, 0) is 12.1 Å². The number of carbonyl (C=O) groups is 2. The van der Waals surface area contributed by atoms with Crippen molar-refractivity contribution in [2.45, 2.75) is 6.18 Å². The monoisotopic (exact) mass is 247 g/mol. The maximum absolute atomic E-state index is 12.1. The molecule has 0 amide bonds. The number of Topliss-reactive ketones (excluding diaryl/α,β-unsaturated/α-hetero) is 1. The predicted molar refractivity (Wildman–Crippen MR) is 51.3 cm³/mol. The average molecular weight is 247 g/mol. The summed E-state index contributed by atoms with van der Waals surface area (Å²) in [5.74, 6) is -2.73. The lowest BCUT2D eigenvalue weighted by Crippen LogP contribution is -2.22. The molecule has 1 rings (SSSR count). The highest BCUT2D eigenvalue weighted by Gasteiger charge is 2.39. The van der Waals surface area contributed by atoms with E-state index in [0.29, 0.717) is 0 Å². The molecule has 0 aliphatic rings. The molecule has 7 heteroatoms. The van der Waals surface area contributed by atoms with Crippen LogP contribution in [0, 0.1) is 0 Å². The van der Waals surface area contributed by atoms with Crippen LogP contribution in [0.25, 0.3) is 0 Å². The van der Waals surface area contributed by atoms with Gasteiger partial charge in [-0.3, -0.25) is 10.5 Å². The van der Waals surface area contributed by atoms with Gasteiger partial charge in [0.05, 0.1) is 5.56 Å². The van der Waals surface area contributed by atoms with Crippen LogP contribution >= 0.6 is 0 Å². The first kappa shape index (κ1) is 13.2. The summed E-state index contributed by atoms with van der Waals surface area (Å²) in [5.41, 5.74) is 4.44. The van der Waals surface area contributed by atoms with Gasteiger partial charge in [0.25, 0.3) is 5.78 Å². The van der Waals surface area contributed by atoms with Crippen molar-refractivity contribution in [3.63, 3.8) is 0 Å². The number of hydrogen-bond acceptors (Lipinski definition) is 4. The van der Waals surface area contributed by atoms with Gasteiger partial charge in [0.2, 0.25) is 0 Å². The highest BCUT2D eigenvalue weighted by molar-refractivity contribution is 6.01. The van der Waals surface area contributed by atoms with Gasteiger partial charge in [0.1, 0.15) is 6.73 Å². The van der Waals surface area contributed by atoms with Crippen LogP contribution in [0.15, 0.2) is 24.3 Å². The Kier molecular flexibility index (Phi) is 3.84. The Hall–Kier alpha value is -1.89. The highest BCUT2D eigenvalue weighted by atomic mass is 19.4. The SMILES string of the molecule is NCOC(=O)c1ccc(C(=O)C(F)(F)F)cc1. The fourth-order valence-electron chi connectivity index (χ4n) is 1.08. The molecule has 0 radical (unpaired) electrons. The number of ether oxygens (including phenoxy) is 1. The minimum absolute atomic E-state index is 0.0224. The van der Waals surface area contributed by atoms with E-state index in [4.69, 9.17) is 5.73 Å². The van der Waals surface area contributed by atoms with Crippen LogP contribution in [-0.2, 0) is 4.74 Å². The van der Waals surface area contributed by atoms with E-state index < -0.39 is 23.5 Å². The predicted octanol–water partition coefficient (Wildman–Crippen LogP) is 1.50. The van der Waals surface area contributed by atoms with Gasteiger partial charge in [-0.2, -0.15) is 13.2 Å². The van der Waals surface area contributed by atoms with E-state index in [1.807, 2.05) is 0 Å². The van der Waals surface area contributed by atoms with Crippen molar-refractivity contribution in [3.8, 4) is 0 Å². The van der Waals surface area contributed by atoms with Crippen molar-refractivity contribution < 1.29 is 27.5 Å². The molecule has 2 N–H and O–H groups in total. The zero-order valence-corrected chi connectivity index (χ0v) is 8.45. The molecular formula is C10H8F3NO3. The van der Waals surface area contributed by atoms with Gasteiger partial charge in [0.15, 0.2) is 0 Å². The van der Waals surface area contributed by atoms with Crippen LogP contribution in [0.2, 0.25) is 0 Å². The topological polar surface area (TPSA) is 69.4 Å². The van der Waals surface area contributed by atoms with Gasteiger partial charge < -0.3 is 4.74 Å². The number of alkyl halides is 3. The highest BCUT2D eigenvalue weighted by Crippen LogP contribution is 2.21. The first-order valence-electron chi connectivity index (χ1n) is 4.45. The molecule has 0 aromatic heterocycles. The van der Waals surface area contributed by atoms with E-state index in [1.54, 1.807) is 0 Å². The summed E-state index contributed by atoms with van der Waals surface area (Å²) in [4.78, 5) is 21.9. The summed E-state index contributed by atoms with van der Waals surface area (Å²) in [7, 11) is 0. The van der Waals surface area contributed by atoms with E-state index in [0.717, 1.165) is 24.3 Å². The van der Waals surface area contributed by atoms with Crippen molar-refractivity contribution in [2.24, 2.45) is 5.73 Å². The second kappa shape index (κ2) is 4.96. The van der Waals surface area contributed by atoms with Gasteiger partial charge in [-0.25, -0.2) is 4.79 Å². The number of hydrogen-bond donors (Lipinski definition) is 1. The summed E-state index contributed by atoms with van der Waals surface area (Å²) < 4.78 is 40.6. The lowest BCUT2D eigenvalue weighted by atomic mass is 10.1. The molecule has 0 unspecified atom stereocenters. The fraction of sp³-hybridized carbons (Fsp3) is 0.200. The number of nitrogens with two attached hydrogens (primary N) is 1. The lowest BCUT2D eigenvalue weighted by molar-refractivity contribution is -0.0885. The molecule has 0 heterocycles. The molecule has 0 atom stereocenters. The Balaban J connectivity index is 2.89. The Labute approximate surface area is 94.2 Å². The molecule has 1 aromatic rings. The molecule has 0 fully saturated rings. The number of halogens is 3. The van der Waals surface area contributed by atoms with Crippen LogP contribution in [-0.4, -0.2) is 24.7 Å². The second-order valence-electron chi connectivity index (χ2n) is 3.00. The second-order valence-corrected chi connectivity index (χ2v) is 3.00. The Morgan fingerprint density at radius 1 is 1.12 bits per heavy atom. The zero-order chi connectivity index (χ0) is 13.1. The van der Waals surface area contributed by atoms with Gasteiger partial charge in [-0.15, -0.1) is 0 Å². The fourth-order valence-corrected chi connectivity index (χ4v) is 1.08. The number of carbonyl (C=O) groups excluding carboxylic acids is 2. The molecule has 1 aromatic carbocycles. The maximum Gasteiger partial charge on any atom is 0.454 e. The Morgan fingerprint density at radius 3 is 2.00 bits per heavy atom. The minimum Gasteiger partial charge on any atom is -0.446 e. The molecule has 0 saturated heterocycles. The van der Waals surface area contributed by atoms with Gasteiger partial charge in [-0.1, -0.05) is 12.1 Å². The van der Waals surface area contributed by atoms with Crippen molar-refractivity contribution in [1.82, 2.24) is 0 Å². The third kappa shape index (κ3) is 3.28. The number of ketones is 1. The van der Waals surface area contributed by atoms with Gasteiger partial charge >= 0.3 is 12.1 Å². The molecule has 0 bridgehead atoms. The van der Waals surface area contributed by atoms with Crippen molar-refractivity contribution in [2.75, 3.05) is 6.73 Å². The summed E-state index contributed by atoms with van der Waals surface area (Å²) in [6, 6.07) is 3.94. The summed E-state index contributed by atoms with van der Waals surface area (Å²) >= 11 is 0. The minimum atomic E-state index is -4.93. The lowest BCUT2D eigenvalue weighted by Gasteiger charge is -2.05. The van der Waals surface area contributed by atoms with Crippen molar-refractivity contribution >= 4 is 11.8 Å². The normalized spacial score (nSPS) is 11.1. The van der Waals surface area contributed by atoms with E-state index >= 15 is 0 Å². The molecule has 0 spiro atoms. The smallest absolute Gasteiger partial charge is 0.446 e. The zero-order valence-electron chi connectivity index (χ0n) is 8.45. The van der Waals surface area contributed by atoms with Crippen molar-refractivity contribution in [1.29, 1.82) is 0 Å². The van der Waals surface area contributed by atoms with Crippen LogP contribution in [0.3, 0.4) is 0 Å². The molecule has 4 nitrogen and oxygen atoms in total. The average Bonchev–Trinajstić information content (AvgIpc) is 2.27. The number of rotatable bonds is 3. The third-order valence-corrected chi connectivity index (χ3v) is 1.85. The third-order valence-electron chi connectivity index (χ3n) is 1.85. The van der Waals surface area contributed by atoms with Crippen molar-refractivity contribution in [3.05, 3.63) is 35.4 Å². The molecular weight excluding hydrogens is 239 g/mol. The van der Waals surface area contributed by atoms with E-state index in [-0.39, 0.29) is 12.3 Å². The van der Waals surface area contributed by atoms with E-state index in [2.05, 4.69) is 4.74 Å². The van der Waals surface area contributed by atoms with Crippen LogP contribution < -0.4 is 5.73 Å². The van der Waals surface area contributed by atoms with Crippen LogP contribution in [0.5, 0.6) is 0 Å². The summed E-state index contributed by atoms with van der Waals surface area (Å²) in [5, 5.41) is 0. The van der Waals surface area contributed by atoms with Crippen LogP contribution in [0.4, 0.5) is 13.2 Å². The van der Waals surface area contributed by atoms with E-state index in [1.165, 1.54) is 0 Å². The first-order valence-corrected chi connectivity index (χ1v) is 4.45. The summed E-state index contributed by atoms with van der Waals surface area (Å²) in [6.07, 6.45) is -4.93. The molecule has 0 aliphatic carbocycles. The van der Waals surface area contributed by atoms with Gasteiger partial charge in [0, 0.05) is 5.56 Å². The molecule has 0 saturated carbocycles. The Bertz CT molecular complexity index is 425. The quantitative estimate of drug-likeness (QED) is 0.499. The largest absolute Gasteiger partial charge is 0.454 e. The standard InChI is InChI=1S/C10H8F3NO3/c11-10(12,13)8(15)6-1-3-7(4-2-6)9(16)17-5-14/h1-4H,5,14H2. The maximum atomic E-state index is 12.1. The number of esters is 1. The number of benzene rings is 1. The first-order chi connectivity index (χ1) is 7.86. The molecule has 0 aliphatic heterocycles.